The molecule has 130 valence electrons. The van der Waals surface area contributed by atoms with E-state index < -0.39 is 20.6 Å². The molecule has 0 saturated heterocycles. The van der Waals surface area contributed by atoms with E-state index in [1.54, 1.807) is 18.2 Å². The van der Waals surface area contributed by atoms with Crippen molar-refractivity contribution in [3.63, 3.8) is 0 Å². The van der Waals surface area contributed by atoms with Gasteiger partial charge in [0.1, 0.15) is 5.02 Å². The number of nitro groups is 1. The van der Waals surface area contributed by atoms with Crippen molar-refractivity contribution in [2.45, 2.75) is 11.4 Å². The number of rotatable bonds is 4. The Labute approximate surface area is 152 Å². The fourth-order valence-electron chi connectivity index (χ4n) is 2.53. The van der Waals surface area contributed by atoms with Crippen LogP contribution in [0.5, 0.6) is 0 Å². The summed E-state index contributed by atoms with van der Waals surface area (Å²) in [6.07, 6.45) is 1.37. The SMILES string of the molecule is NCc1cn(S(=O)(=O)c2ccc(Cl)c([N+](=O)[O-])c2)c2c(Cl)cccc12. The normalized spacial score (nSPS) is 11.8. The second kappa shape index (κ2) is 6.30. The molecule has 0 fully saturated rings. The van der Waals surface area contributed by atoms with Gasteiger partial charge >= 0.3 is 0 Å². The van der Waals surface area contributed by atoms with Gasteiger partial charge in [0.05, 0.1) is 20.4 Å². The van der Waals surface area contributed by atoms with Crippen LogP contribution in [-0.2, 0) is 16.6 Å². The number of para-hydroxylation sites is 1. The third-order valence-electron chi connectivity index (χ3n) is 3.72. The van der Waals surface area contributed by atoms with E-state index in [4.69, 9.17) is 28.9 Å². The molecule has 0 bridgehead atoms. The van der Waals surface area contributed by atoms with Gasteiger partial charge in [-0.2, -0.15) is 0 Å². The van der Waals surface area contributed by atoms with E-state index in [1.807, 2.05) is 0 Å². The van der Waals surface area contributed by atoms with Crippen LogP contribution in [0.4, 0.5) is 5.69 Å². The van der Waals surface area contributed by atoms with Gasteiger partial charge in [0, 0.05) is 24.2 Å². The number of hydrogen-bond donors (Lipinski definition) is 1. The molecule has 25 heavy (non-hydrogen) atoms. The Morgan fingerprint density at radius 2 is 1.88 bits per heavy atom. The lowest BCUT2D eigenvalue weighted by atomic mass is 10.2. The molecular formula is C15H11Cl2N3O4S. The van der Waals surface area contributed by atoms with Crippen molar-refractivity contribution in [2.24, 2.45) is 5.73 Å². The summed E-state index contributed by atoms with van der Waals surface area (Å²) in [5.41, 5.74) is 6.04. The van der Waals surface area contributed by atoms with Gasteiger partial charge in [-0.05, 0) is 23.8 Å². The van der Waals surface area contributed by atoms with E-state index in [-0.39, 0.29) is 27.0 Å². The van der Waals surface area contributed by atoms with E-state index in [0.29, 0.717) is 10.9 Å². The van der Waals surface area contributed by atoms with Crippen LogP contribution in [0.3, 0.4) is 0 Å². The average Bonchev–Trinajstić information content (AvgIpc) is 2.95. The molecule has 1 heterocycles. The van der Waals surface area contributed by atoms with Crippen LogP contribution in [0.15, 0.2) is 47.5 Å². The number of fused-ring (bicyclic) bond motifs is 1. The van der Waals surface area contributed by atoms with Gasteiger partial charge in [0.2, 0.25) is 0 Å². The van der Waals surface area contributed by atoms with Crippen LogP contribution < -0.4 is 5.73 Å². The Bertz CT molecular complexity index is 1110. The maximum atomic E-state index is 13.0. The standard InChI is InChI=1S/C15H11Cl2N3O4S/c16-12-5-4-10(6-14(12)20(21)22)25(23,24)19-8-9(7-18)11-2-1-3-13(17)15(11)19/h1-6,8H,7,18H2. The maximum Gasteiger partial charge on any atom is 0.289 e. The zero-order valence-corrected chi connectivity index (χ0v) is 14.8. The first-order valence-corrected chi connectivity index (χ1v) is 9.15. The third-order valence-corrected chi connectivity index (χ3v) is 6.00. The molecule has 3 rings (SSSR count). The van der Waals surface area contributed by atoms with Gasteiger partial charge in [0.25, 0.3) is 15.7 Å². The number of aromatic nitrogens is 1. The van der Waals surface area contributed by atoms with Crippen LogP contribution >= 0.6 is 23.2 Å². The molecule has 0 spiro atoms. The van der Waals surface area contributed by atoms with Crippen LogP contribution in [0.1, 0.15) is 5.56 Å². The summed E-state index contributed by atoms with van der Waals surface area (Å²) in [4.78, 5) is 10.0. The maximum absolute atomic E-state index is 13.0. The molecule has 1 aromatic heterocycles. The van der Waals surface area contributed by atoms with Crippen LogP contribution in [0, 0.1) is 10.1 Å². The van der Waals surface area contributed by atoms with E-state index in [0.717, 1.165) is 10.0 Å². The molecule has 2 N–H and O–H groups in total. The second-order valence-corrected chi connectivity index (χ2v) is 7.79. The average molecular weight is 400 g/mol. The molecule has 0 saturated carbocycles. The molecule has 0 aliphatic carbocycles. The Hall–Kier alpha value is -2.13. The monoisotopic (exact) mass is 399 g/mol. The van der Waals surface area contributed by atoms with Crippen LogP contribution in [0.2, 0.25) is 10.0 Å². The quantitative estimate of drug-likeness (QED) is 0.532. The molecular weight excluding hydrogens is 389 g/mol. The molecule has 0 radical (unpaired) electrons. The number of nitro benzene ring substituents is 1. The largest absolute Gasteiger partial charge is 0.326 e. The van der Waals surface area contributed by atoms with Crippen molar-refractivity contribution >= 4 is 49.8 Å². The lowest BCUT2D eigenvalue weighted by Gasteiger charge is -2.09. The highest BCUT2D eigenvalue weighted by Gasteiger charge is 2.25. The molecule has 0 amide bonds. The van der Waals surface area contributed by atoms with Crippen molar-refractivity contribution in [1.82, 2.24) is 3.97 Å². The Balaban J connectivity index is 2.31. The van der Waals surface area contributed by atoms with Gasteiger partial charge in [0.15, 0.2) is 0 Å². The third kappa shape index (κ3) is 2.87. The zero-order chi connectivity index (χ0) is 18.4. The summed E-state index contributed by atoms with van der Waals surface area (Å²) in [5.74, 6) is 0. The van der Waals surface area contributed by atoms with E-state index in [9.17, 15) is 18.5 Å². The predicted molar refractivity (Wildman–Crippen MR) is 95.5 cm³/mol. The number of benzene rings is 2. The summed E-state index contributed by atoms with van der Waals surface area (Å²) in [6, 6.07) is 8.25. The van der Waals surface area contributed by atoms with Gasteiger partial charge in [-0.15, -0.1) is 0 Å². The number of nitrogens with zero attached hydrogens (tertiary/aromatic N) is 2. The van der Waals surface area contributed by atoms with E-state index in [2.05, 4.69) is 0 Å². The van der Waals surface area contributed by atoms with Crippen molar-refractivity contribution in [2.75, 3.05) is 0 Å². The van der Waals surface area contributed by atoms with Crippen molar-refractivity contribution < 1.29 is 13.3 Å². The smallest absolute Gasteiger partial charge is 0.289 e. The van der Waals surface area contributed by atoms with Gasteiger partial charge in [-0.3, -0.25) is 10.1 Å². The fraction of sp³-hybridized carbons (Fsp3) is 0.0667. The summed E-state index contributed by atoms with van der Waals surface area (Å²) in [6.45, 7) is 0.111. The molecule has 10 heteroatoms. The van der Waals surface area contributed by atoms with Crippen molar-refractivity contribution in [3.8, 4) is 0 Å². The number of nitrogens with two attached hydrogens (primary N) is 1. The first-order valence-electron chi connectivity index (χ1n) is 6.95. The van der Waals surface area contributed by atoms with E-state index >= 15 is 0 Å². The fourth-order valence-corrected chi connectivity index (χ4v) is 4.47. The second-order valence-electron chi connectivity index (χ2n) is 5.17. The minimum absolute atomic E-state index is 0.111. The molecule has 3 aromatic rings. The number of hydrogen-bond acceptors (Lipinski definition) is 5. The topological polar surface area (TPSA) is 108 Å². The molecule has 0 atom stereocenters. The van der Waals surface area contributed by atoms with Crippen molar-refractivity contribution in [1.29, 1.82) is 0 Å². The summed E-state index contributed by atoms with van der Waals surface area (Å²) in [7, 11) is -4.14. The Kier molecular flexibility index (Phi) is 4.46. The Morgan fingerprint density at radius 3 is 2.52 bits per heavy atom. The molecule has 7 nitrogen and oxygen atoms in total. The predicted octanol–water partition coefficient (Wildman–Crippen LogP) is 3.55. The highest BCUT2D eigenvalue weighted by atomic mass is 35.5. The minimum atomic E-state index is -4.14. The highest BCUT2D eigenvalue weighted by molar-refractivity contribution is 7.90. The summed E-state index contributed by atoms with van der Waals surface area (Å²) >= 11 is 11.9. The summed E-state index contributed by atoms with van der Waals surface area (Å²) in [5, 5.41) is 11.7. The van der Waals surface area contributed by atoms with Gasteiger partial charge < -0.3 is 5.73 Å². The summed E-state index contributed by atoms with van der Waals surface area (Å²) < 4.78 is 27.0. The van der Waals surface area contributed by atoms with Crippen LogP contribution in [-0.4, -0.2) is 17.3 Å². The number of halogens is 2. The lowest BCUT2D eigenvalue weighted by molar-refractivity contribution is -0.384. The zero-order valence-electron chi connectivity index (χ0n) is 12.5. The molecule has 0 unspecified atom stereocenters. The Morgan fingerprint density at radius 1 is 1.16 bits per heavy atom. The van der Waals surface area contributed by atoms with Crippen molar-refractivity contribution in [3.05, 3.63) is 68.3 Å². The van der Waals surface area contributed by atoms with Crippen LogP contribution in [0.25, 0.3) is 10.9 Å². The minimum Gasteiger partial charge on any atom is -0.326 e. The first kappa shape index (κ1) is 17.7. The van der Waals surface area contributed by atoms with E-state index in [1.165, 1.54) is 18.3 Å². The molecule has 2 aromatic carbocycles. The lowest BCUT2D eigenvalue weighted by Crippen LogP contribution is -2.12. The van der Waals surface area contributed by atoms with Gasteiger partial charge in [-0.25, -0.2) is 12.4 Å². The highest BCUT2D eigenvalue weighted by Crippen LogP contribution is 2.33. The molecule has 0 aliphatic rings. The molecule has 0 aliphatic heterocycles. The first-order chi connectivity index (χ1) is 11.8. The van der Waals surface area contributed by atoms with Gasteiger partial charge in [-0.1, -0.05) is 35.3 Å².